The Morgan fingerprint density at radius 3 is 2.65 bits per heavy atom. The first-order valence-corrected chi connectivity index (χ1v) is 14.1. The second-order valence-electron chi connectivity index (χ2n) is 11.4. The molecule has 5 rings (SSSR count). The number of benzene rings is 1. The number of rotatable bonds is 6. The van der Waals surface area contributed by atoms with Crippen LogP contribution in [0.5, 0.6) is 6.01 Å². The van der Waals surface area contributed by atoms with Crippen molar-refractivity contribution in [2.24, 2.45) is 0 Å². The fourth-order valence-electron chi connectivity index (χ4n) is 6.22. The van der Waals surface area contributed by atoms with Crippen LogP contribution in [0.15, 0.2) is 18.7 Å². The van der Waals surface area contributed by atoms with Gasteiger partial charge in [0.1, 0.15) is 18.6 Å². The van der Waals surface area contributed by atoms with E-state index in [1.165, 1.54) is 13.0 Å². The van der Waals surface area contributed by atoms with Crippen LogP contribution in [0.4, 0.5) is 33.5 Å². The molecule has 4 atom stereocenters. The summed E-state index contributed by atoms with van der Waals surface area (Å²) in [6.07, 6.45) is -5.80. The summed E-state index contributed by atoms with van der Waals surface area (Å²) < 4.78 is 83.5. The summed E-state index contributed by atoms with van der Waals surface area (Å²) in [4.78, 5) is 26.9. The molecule has 4 heterocycles. The van der Waals surface area contributed by atoms with Crippen molar-refractivity contribution in [1.29, 1.82) is 0 Å². The van der Waals surface area contributed by atoms with E-state index in [0.717, 1.165) is 6.07 Å². The molecule has 0 aliphatic carbocycles. The van der Waals surface area contributed by atoms with E-state index in [4.69, 9.17) is 15.2 Å². The fraction of sp³-hybridized carbons (Fsp3) is 0.552. The molecule has 3 aliphatic rings. The number of amides is 1. The molecule has 0 unspecified atom stereocenters. The number of carbonyl (C=O) groups excluding carboxylic acids is 1. The van der Waals surface area contributed by atoms with Crippen molar-refractivity contribution in [3.63, 3.8) is 0 Å². The summed E-state index contributed by atoms with van der Waals surface area (Å²) in [5, 5.41) is 0. The molecular formula is C29H35F5N6O3. The van der Waals surface area contributed by atoms with Crippen molar-refractivity contribution < 1.29 is 36.2 Å². The zero-order chi connectivity index (χ0) is 31.2. The van der Waals surface area contributed by atoms with Gasteiger partial charge in [-0.25, -0.2) is 8.78 Å². The lowest BCUT2D eigenvalue weighted by molar-refractivity contribution is -0.140. The minimum absolute atomic E-state index is 0.0258. The topological polar surface area (TPSA) is 97.0 Å². The predicted octanol–water partition coefficient (Wildman–Crippen LogP) is 3.98. The van der Waals surface area contributed by atoms with E-state index in [2.05, 4.69) is 16.5 Å². The zero-order valence-corrected chi connectivity index (χ0v) is 24.3. The van der Waals surface area contributed by atoms with E-state index >= 15 is 4.39 Å². The predicted molar refractivity (Wildman–Crippen MR) is 149 cm³/mol. The van der Waals surface area contributed by atoms with Crippen molar-refractivity contribution in [2.45, 2.75) is 63.8 Å². The molecule has 3 aliphatic heterocycles. The summed E-state index contributed by atoms with van der Waals surface area (Å²) in [6, 6.07) is 0.536. The van der Waals surface area contributed by atoms with Crippen LogP contribution in [0, 0.1) is 12.7 Å². The minimum atomic E-state index is -4.84. The first-order chi connectivity index (χ1) is 20.3. The van der Waals surface area contributed by atoms with Crippen LogP contribution >= 0.6 is 0 Å². The third kappa shape index (κ3) is 6.12. The number of aryl methyl sites for hydroxylation is 1. The summed E-state index contributed by atoms with van der Waals surface area (Å²) in [5.74, 6) is -0.919. The van der Waals surface area contributed by atoms with E-state index in [0.29, 0.717) is 36.7 Å². The number of halogens is 5. The summed E-state index contributed by atoms with van der Waals surface area (Å²) in [7, 11) is 1.79. The molecule has 2 saturated heterocycles. The number of piperazine rings is 1. The first kappa shape index (κ1) is 30.9. The highest BCUT2D eigenvalue weighted by atomic mass is 19.4. The lowest BCUT2D eigenvalue weighted by Gasteiger charge is -2.41. The molecule has 1 amide bonds. The molecule has 0 radical (unpaired) electrons. The number of nitrogen functional groups attached to an aromatic ring is 1. The van der Waals surface area contributed by atoms with Gasteiger partial charge in [0.25, 0.3) is 0 Å². The van der Waals surface area contributed by atoms with Crippen molar-refractivity contribution in [2.75, 3.05) is 50.5 Å². The number of ether oxygens (including phenoxy) is 2. The van der Waals surface area contributed by atoms with Crippen molar-refractivity contribution >= 4 is 17.4 Å². The van der Waals surface area contributed by atoms with Crippen molar-refractivity contribution in [3.8, 4) is 6.01 Å². The minimum Gasteiger partial charge on any atom is -0.462 e. The van der Waals surface area contributed by atoms with E-state index in [9.17, 15) is 22.4 Å². The van der Waals surface area contributed by atoms with E-state index in [-0.39, 0.29) is 62.2 Å². The largest absolute Gasteiger partial charge is 0.462 e. The second-order valence-corrected chi connectivity index (χ2v) is 11.4. The van der Waals surface area contributed by atoms with E-state index in [1.54, 1.807) is 11.9 Å². The first-order valence-electron chi connectivity index (χ1n) is 14.1. The Bertz CT molecular complexity index is 1410. The van der Waals surface area contributed by atoms with Crippen LogP contribution in [0.25, 0.3) is 0 Å². The van der Waals surface area contributed by atoms with Crippen LogP contribution in [0.1, 0.15) is 47.4 Å². The Morgan fingerprint density at radius 2 is 2.02 bits per heavy atom. The Balaban J connectivity index is 1.52. The number of nitrogens with zero attached hydrogens (tertiary/aromatic N) is 5. The maximum Gasteiger partial charge on any atom is 0.417 e. The molecular weight excluding hydrogens is 575 g/mol. The number of likely N-dealkylation sites (tertiary alicyclic amines) is 1. The van der Waals surface area contributed by atoms with E-state index in [1.807, 2.05) is 16.7 Å². The Labute approximate surface area is 246 Å². The Morgan fingerprint density at radius 1 is 1.28 bits per heavy atom. The highest BCUT2D eigenvalue weighted by Gasteiger charge is 2.42. The maximum absolute atomic E-state index is 15.3. The quantitative estimate of drug-likeness (QED) is 0.298. The number of aromatic nitrogens is 2. The van der Waals surface area contributed by atoms with Crippen LogP contribution in [-0.4, -0.2) is 83.8 Å². The number of hydrogen-bond acceptors (Lipinski definition) is 8. The lowest BCUT2D eigenvalue weighted by Crippen LogP contribution is -2.54. The summed E-state index contributed by atoms with van der Waals surface area (Å²) >= 11 is 0. The molecule has 2 N–H and O–H groups in total. The maximum atomic E-state index is 15.3. The number of likely N-dealkylation sites (N-methyl/N-ethyl adjacent to an activating group) is 1. The Kier molecular flexibility index (Phi) is 8.54. The molecule has 1 aromatic heterocycles. The highest BCUT2D eigenvalue weighted by molar-refractivity contribution is 5.87. The molecule has 43 heavy (non-hydrogen) atoms. The number of fused-ring (bicyclic) bond motifs is 1. The number of carbonyl (C=O) groups is 1. The monoisotopic (exact) mass is 610 g/mol. The molecule has 9 nitrogen and oxygen atoms in total. The molecule has 234 valence electrons. The molecule has 1 aromatic carbocycles. The van der Waals surface area contributed by atoms with Gasteiger partial charge in [-0.05, 0) is 45.0 Å². The van der Waals surface area contributed by atoms with Crippen LogP contribution < -0.4 is 15.4 Å². The Hall–Kier alpha value is -3.52. The lowest BCUT2D eigenvalue weighted by atomic mass is 9.91. The number of hydrogen-bond donors (Lipinski definition) is 1. The van der Waals surface area contributed by atoms with Crippen molar-refractivity contribution in [1.82, 2.24) is 19.8 Å². The molecule has 2 aromatic rings. The van der Waals surface area contributed by atoms with Gasteiger partial charge >= 0.3 is 12.2 Å². The van der Waals surface area contributed by atoms with Crippen molar-refractivity contribution in [3.05, 3.63) is 52.5 Å². The van der Waals surface area contributed by atoms with Gasteiger partial charge in [0.2, 0.25) is 5.91 Å². The standard InChI is InChI=1S/C29H35F5N6O3/c1-5-23(41)39-6-7-40(16(3)11-39)27-19-14-42-22(24-25(29(32,33)34)15(2)8-20(35)26(24)31)10-21(19)36-28(37-27)43-13-18-9-17(30)12-38(18)4/h5,8,16-18,22H,1,6-7,9-14,35H2,2-4H3/t16-,17+,18-,22+/m0/s1. The molecule has 2 fully saturated rings. The van der Waals surface area contributed by atoms with Gasteiger partial charge in [-0.15, -0.1) is 0 Å². The molecule has 14 heteroatoms. The smallest absolute Gasteiger partial charge is 0.417 e. The third-order valence-electron chi connectivity index (χ3n) is 8.42. The second kappa shape index (κ2) is 11.9. The van der Waals surface area contributed by atoms with Gasteiger partial charge < -0.3 is 25.0 Å². The van der Waals surface area contributed by atoms with E-state index < -0.39 is 41.1 Å². The van der Waals surface area contributed by atoms with Gasteiger partial charge in [-0.1, -0.05) is 6.58 Å². The van der Waals surface area contributed by atoms with Gasteiger partial charge in [-0.2, -0.15) is 23.1 Å². The number of nitrogens with two attached hydrogens (primary N) is 1. The SMILES string of the molecule is C=CC(=O)N1CCN(c2nc(OC[C@@H]3C[C@@H](F)CN3C)nc3c2CO[C@@H](c2c(F)c(N)cc(C)c2C(F)(F)F)C3)[C@@H](C)C1. The molecule has 0 saturated carbocycles. The van der Waals surface area contributed by atoms with Crippen LogP contribution in [-0.2, 0) is 28.7 Å². The summed E-state index contributed by atoms with van der Waals surface area (Å²) in [6.45, 7) is 8.07. The number of alkyl halides is 4. The van der Waals surface area contributed by atoms with Gasteiger partial charge in [0.15, 0.2) is 5.82 Å². The zero-order valence-electron chi connectivity index (χ0n) is 24.3. The number of anilines is 2. The molecule has 0 spiro atoms. The normalized spacial score (nSPS) is 24.7. The summed E-state index contributed by atoms with van der Waals surface area (Å²) in [5.41, 5.74) is 4.22. The average Bonchev–Trinajstić information content (AvgIpc) is 3.28. The highest BCUT2D eigenvalue weighted by Crippen LogP contribution is 2.44. The molecule has 0 bridgehead atoms. The average molecular weight is 611 g/mol. The van der Waals surface area contributed by atoms with Gasteiger partial charge in [-0.3, -0.25) is 9.69 Å². The van der Waals surface area contributed by atoms with Gasteiger partial charge in [0.05, 0.1) is 29.7 Å². The van der Waals surface area contributed by atoms with Gasteiger partial charge in [0, 0.05) is 55.8 Å². The third-order valence-corrected chi connectivity index (χ3v) is 8.42. The van der Waals surface area contributed by atoms with Crippen LogP contribution in [0.2, 0.25) is 0 Å². The van der Waals surface area contributed by atoms with Crippen LogP contribution in [0.3, 0.4) is 0 Å². The fourth-order valence-corrected chi connectivity index (χ4v) is 6.22.